The topological polar surface area (TPSA) is 72.1 Å². The van der Waals surface area contributed by atoms with Crippen molar-refractivity contribution < 1.29 is 19.0 Å². The molecular weight excluding hydrogens is 402 g/mol. The fourth-order valence-corrected chi connectivity index (χ4v) is 3.67. The van der Waals surface area contributed by atoms with Gasteiger partial charge in [0, 0.05) is 30.0 Å². The summed E-state index contributed by atoms with van der Waals surface area (Å²) in [6.07, 6.45) is 3.77. The monoisotopic (exact) mass is 429 g/mol. The fraction of sp³-hybridized carbons (Fsp3) is 0.364. The van der Waals surface area contributed by atoms with Crippen LogP contribution in [0.4, 0.5) is 11.4 Å². The van der Waals surface area contributed by atoms with Crippen LogP contribution in [0.5, 0.6) is 17.2 Å². The molecule has 7 nitrogen and oxygen atoms in total. The number of rotatable bonds is 6. The third-order valence-corrected chi connectivity index (χ3v) is 5.20. The van der Waals surface area contributed by atoms with Crippen molar-refractivity contribution in [1.29, 1.82) is 0 Å². The largest absolute Gasteiger partial charge is 0.493 e. The maximum atomic E-state index is 12.6. The van der Waals surface area contributed by atoms with Gasteiger partial charge in [0.1, 0.15) is 0 Å². The molecule has 0 bridgehead atoms. The number of nitrogens with one attached hydrogen (secondary N) is 2. The van der Waals surface area contributed by atoms with E-state index in [1.807, 2.05) is 12.1 Å². The second kappa shape index (κ2) is 10.2. The summed E-state index contributed by atoms with van der Waals surface area (Å²) in [5.74, 6) is 0.839. The van der Waals surface area contributed by atoms with E-state index in [1.165, 1.54) is 46.3 Å². The number of amides is 1. The van der Waals surface area contributed by atoms with Crippen LogP contribution < -0.4 is 29.7 Å². The number of benzene rings is 2. The summed E-state index contributed by atoms with van der Waals surface area (Å²) in [6.45, 7) is 2.19. The number of carbonyl (C=O) groups excluding carboxylic acids is 1. The zero-order valence-corrected chi connectivity index (χ0v) is 18.3. The van der Waals surface area contributed by atoms with E-state index in [-0.39, 0.29) is 11.0 Å². The minimum absolute atomic E-state index is 0.208. The Balaban J connectivity index is 1.64. The zero-order valence-electron chi connectivity index (χ0n) is 17.5. The molecule has 0 aliphatic carbocycles. The summed E-state index contributed by atoms with van der Waals surface area (Å²) < 4.78 is 15.9. The molecule has 1 aliphatic heterocycles. The lowest BCUT2D eigenvalue weighted by atomic mass is 10.1. The van der Waals surface area contributed by atoms with Crippen LogP contribution >= 0.6 is 12.2 Å². The van der Waals surface area contributed by atoms with Crippen LogP contribution in [-0.4, -0.2) is 45.4 Å². The van der Waals surface area contributed by atoms with Gasteiger partial charge in [0.2, 0.25) is 5.75 Å². The van der Waals surface area contributed by atoms with Crippen LogP contribution in [-0.2, 0) is 0 Å². The molecule has 2 aromatic carbocycles. The number of hydrogen-bond donors (Lipinski definition) is 2. The van der Waals surface area contributed by atoms with Crippen molar-refractivity contribution in [1.82, 2.24) is 5.32 Å². The Morgan fingerprint density at radius 3 is 2.07 bits per heavy atom. The Morgan fingerprint density at radius 2 is 1.53 bits per heavy atom. The molecule has 0 aromatic heterocycles. The molecule has 1 aliphatic rings. The van der Waals surface area contributed by atoms with Gasteiger partial charge in [-0.1, -0.05) is 0 Å². The zero-order chi connectivity index (χ0) is 21.5. The van der Waals surface area contributed by atoms with Gasteiger partial charge in [-0.3, -0.25) is 10.1 Å². The molecule has 0 radical (unpaired) electrons. The van der Waals surface area contributed by atoms with Crippen LogP contribution in [0.15, 0.2) is 36.4 Å². The van der Waals surface area contributed by atoms with Crippen molar-refractivity contribution in [3.05, 3.63) is 42.0 Å². The lowest BCUT2D eigenvalue weighted by molar-refractivity contribution is 0.0977. The summed E-state index contributed by atoms with van der Waals surface area (Å²) in [5.41, 5.74) is 2.35. The Bertz CT molecular complexity index is 871. The van der Waals surface area contributed by atoms with Crippen molar-refractivity contribution in [2.45, 2.75) is 19.3 Å². The van der Waals surface area contributed by atoms with Crippen LogP contribution in [0.3, 0.4) is 0 Å². The predicted molar refractivity (Wildman–Crippen MR) is 122 cm³/mol. The second-order valence-corrected chi connectivity index (χ2v) is 7.33. The molecule has 0 saturated carbocycles. The first-order chi connectivity index (χ1) is 14.5. The maximum absolute atomic E-state index is 12.6. The van der Waals surface area contributed by atoms with Gasteiger partial charge in [-0.2, -0.15) is 0 Å². The molecule has 3 rings (SSSR count). The van der Waals surface area contributed by atoms with Gasteiger partial charge >= 0.3 is 0 Å². The van der Waals surface area contributed by atoms with Gasteiger partial charge < -0.3 is 24.4 Å². The highest BCUT2D eigenvalue weighted by Gasteiger charge is 2.18. The smallest absolute Gasteiger partial charge is 0.257 e. The van der Waals surface area contributed by atoms with E-state index in [1.54, 1.807) is 12.1 Å². The van der Waals surface area contributed by atoms with E-state index in [0.29, 0.717) is 22.8 Å². The fourth-order valence-electron chi connectivity index (χ4n) is 3.46. The van der Waals surface area contributed by atoms with Gasteiger partial charge in [0.25, 0.3) is 5.91 Å². The number of hydrogen-bond acceptors (Lipinski definition) is 6. The first kappa shape index (κ1) is 21.7. The first-order valence-electron chi connectivity index (χ1n) is 9.83. The molecule has 1 fully saturated rings. The highest BCUT2D eigenvalue weighted by molar-refractivity contribution is 7.80. The van der Waals surface area contributed by atoms with E-state index in [4.69, 9.17) is 26.4 Å². The Kier molecular flexibility index (Phi) is 7.35. The molecule has 8 heteroatoms. The summed E-state index contributed by atoms with van der Waals surface area (Å²) in [5, 5.41) is 5.94. The highest BCUT2D eigenvalue weighted by atomic mass is 32.1. The van der Waals surface area contributed by atoms with E-state index < -0.39 is 0 Å². The van der Waals surface area contributed by atoms with Crippen molar-refractivity contribution in [3.63, 3.8) is 0 Å². The quantitative estimate of drug-likeness (QED) is 0.676. The maximum Gasteiger partial charge on any atom is 0.257 e. The number of methoxy groups -OCH3 is 3. The lowest BCUT2D eigenvalue weighted by Gasteiger charge is -2.28. The molecule has 2 aromatic rings. The molecule has 30 heavy (non-hydrogen) atoms. The van der Waals surface area contributed by atoms with Gasteiger partial charge in [0.15, 0.2) is 16.6 Å². The summed E-state index contributed by atoms with van der Waals surface area (Å²) in [4.78, 5) is 15.0. The Morgan fingerprint density at radius 1 is 0.933 bits per heavy atom. The second-order valence-electron chi connectivity index (χ2n) is 6.92. The van der Waals surface area contributed by atoms with Gasteiger partial charge in [-0.25, -0.2) is 0 Å². The van der Waals surface area contributed by atoms with E-state index >= 15 is 0 Å². The molecule has 1 saturated heterocycles. The number of thiocarbonyl (C=S) groups is 1. The van der Waals surface area contributed by atoms with Gasteiger partial charge in [-0.05, 0) is 67.9 Å². The molecule has 0 atom stereocenters. The van der Waals surface area contributed by atoms with Crippen LogP contribution in [0.25, 0.3) is 0 Å². The number of carbonyl (C=O) groups is 1. The highest BCUT2D eigenvalue weighted by Crippen LogP contribution is 2.38. The molecular formula is C22H27N3O4S. The van der Waals surface area contributed by atoms with Crippen LogP contribution in [0.2, 0.25) is 0 Å². The molecule has 2 N–H and O–H groups in total. The lowest BCUT2D eigenvalue weighted by Crippen LogP contribution is -2.34. The molecule has 160 valence electrons. The van der Waals surface area contributed by atoms with Gasteiger partial charge in [-0.15, -0.1) is 0 Å². The van der Waals surface area contributed by atoms with Crippen molar-refractivity contribution in [2.75, 3.05) is 44.6 Å². The number of anilines is 2. The number of piperidine rings is 1. The van der Waals surface area contributed by atoms with Crippen molar-refractivity contribution in [2.24, 2.45) is 0 Å². The standard InChI is InChI=1S/C22H27N3O4S/c1-27-18-13-15(14-19(28-2)20(18)29-3)21(26)24-22(30)23-16-7-9-17(10-8-16)25-11-5-4-6-12-25/h7-10,13-14H,4-6,11-12H2,1-3H3,(H2,23,24,26,30). The van der Waals surface area contributed by atoms with E-state index in [2.05, 4.69) is 27.7 Å². The Hall–Kier alpha value is -3.00. The van der Waals surface area contributed by atoms with Crippen molar-refractivity contribution in [3.8, 4) is 17.2 Å². The van der Waals surface area contributed by atoms with Crippen LogP contribution in [0, 0.1) is 0 Å². The summed E-state index contributed by atoms with van der Waals surface area (Å²) >= 11 is 5.30. The molecule has 0 spiro atoms. The number of ether oxygens (including phenoxy) is 3. The van der Waals surface area contributed by atoms with Crippen LogP contribution in [0.1, 0.15) is 29.6 Å². The minimum Gasteiger partial charge on any atom is -0.493 e. The summed E-state index contributed by atoms with van der Waals surface area (Å²) in [7, 11) is 4.51. The molecule has 1 heterocycles. The van der Waals surface area contributed by atoms with Gasteiger partial charge in [0.05, 0.1) is 21.3 Å². The summed E-state index contributed by atoms with van der Waals surface area (Å²) in [6, 6.07) is 11.2. The minimum atomic E-state index is -0.378. The first-order valence-corrected chi connectivity index (χ1v) is 10.2. The molecule has 0 unspecified atom stereocenters. The SMILES string of the molecule is COc1cc(C(=O)NC(=S)Nc2ccc(N3CCCCC3)cc2)cc(OC)c1OC. The average Bonchev–Trinajstić information content (AvgIpc) is 2.78. The third-order valence-electron chi connectivity index (χ3n) is 5.00. The average molecular weight is 430 g/mol. The normalized spacial score (nSPS) is 13.4. The molecule has 1 amide bonds. The predicted octanol–water partition coefficient (Wildman–Crippen LogP) is 3.83. The van der Waals surface area contributed by atoms with E-state index in [0.717, 1.165) is 18.8 Å². The number of nitrogens with zero attached hydrogens (tertiary/aromatic N) is 1. The Labute approximate surface area is 182 Å². The van der Waals surface area contributed by atoms with Crippen molar-refractivity contribution >= 4 is 34.6 Å². The van der Waals surface area contributed by atoms with E-state index in [9.17, 15) is 4.79 Å². The third kappa shape index (κ3) is 5.13.